The Balaban J connectivity index is 1.92. The molecule has 0 aromatic rings. The number of carbonyl (C=O) groups is 3. The summed E-state index contributed by atoms with van der Waals surface area (Å²) in [5.74, 6) is -1.26. The van der Waals surface area contributed by atoms with Crippen LogP contribution in [0.15, 0.2) is 0 Å². The van der Waals surface area contributed by atoms with E-state index < -0.39 is 90.9 Å². The predicted molar refractivity (Wildman–Crippen MR) is 212 cm³/mol. The van der Waals surface area contributed by atoms with Crippen LogP contribution in [0.25, 0.3) is 0 Å². The van der Waals surface area contributed by atoms with Crippen LogP contribution in [0.1, 0.15) is 113 Å². The number of rotatable bonds is 12. The molecule has 3 aliphatic rings. The third-order valence-electron chi connectivity index (χ3n) is 11.9. The largest absolute Gasteiger partial charge is 0.463 e. The summed E-state index contributed by atoms with van der Waals surface area (Å²) in [4.78, 5) is 41.9. The summed E-state index contributed by atoms with van der Waals surface area (Å²) in [5.41, 5.74) is -1.47. The first-order valence-corrected chi connectivity index (χ1v) is 21.1. The quantitative estimate of drug-likeness (QED) is 0.192. The van der Waals surface area contributed by atoms with Gasteiger partial charge >= 0.3 is 11.9 Å². The number of methoxy groups -OCH3 is 1. The molecule has 16 unspecified atom stereocenters. The molecule has 0 aromatic carbocycles. The molecule has 0 radical (unpaired) electrons. The zero-order chi connectivity index (χ0) is 42.8. The van der Waals surface area contributed by atoms with Crippen molar-refractivity contribution in [1.82, 2.24) is 9.80 Å². The molecule has 3 saturated heterocycles. The number of aldehydes is 1. The van der Waals surface area contributed by atoms with Crippen molar-refractivity contribution in [3.05, 3.63) is 0 Å². The fraction of sp³-hybridized carbons (Fsp3) is 0.929. The van der Waals surface area contributed by atoms with Gasteiger partial charge in [-0.25, -0.2) is 0 Å². The van der Waals surface area contributed by atoms with Crippen LogP contribution in [0.2, 0.25) is 0 Å². The Morgan fingerprint density at radius 1 is 0.947 bits per heavy atom. The molecule has 57 heavy (non-hydrogen) atoms. The number of hydrogen-bond acceptors (Lipinski definition) is 15. The Kier molecular flexibility index (Phi) is 19.8. The fourth-order valence-corrected chi connectivity index (χ4v) is 9.10. The topological polar surface area (TPSA) is 183 Å². The van der Waals surface area contributed by atoms with Crippen LogP contribution in [-0.4, -0.2) is 164 Å². The zero-order valence-corrected chi connectivity index (χ0v) is 36.7. The van der Waals surface area contributed by atoms with Gasteiger partial charge in [-0.1, -0.05) is 33.6 Å². The Bertz CT molecular complexity index is 1240. The van der Waals surface area contributed by atoms with Crippen molar-refractivity contribution >= 4 is 18.2 Å². The molecule has 0 spiro atoms. The molecule has 3 heterocycles. The van der Waals surface area contributed by atoms with E-state index in [0.717, 1.165) is 38.4 Å². The lowest BCUT2D eigenvalue weighted by Gasteiger charge is -2.50. The van der Waals surface area contributed by atoms with Crippen molar-refractivity contribution in [1.29, 1.82) is 0 Å². The molecule has 3 N–H and O–H groups in total. The molecule has 0 saturated carbocycles. The first-order chi connectivity index (χ1) is 26.7. The highest BCUT2D eigenvalue weighted by Crippen LogP contribution is 2.38. The number of cyclic esters (lactones) is 1. The first kappa shape index (κ1) is 49.6. The number of aliphatic hydroxyl groups excluding tert-OH is 2. The molecule has 0 amide bonds. The number of esters is 2. The maximum absolute atomic E-state index is 13.0. The molecule has 3 aliphatic heterocycles. The highest BCUT2D eigenvalue weighted by atomic mass is 16.7. The molecule has 0 aliphatic carbocycles. The van der Waals surface area contributed by atoms with E-state index in [1.165, 1.54) is 7.11 Å². The highest BCUT2D eigenvalue weighted by Gasteiger charge is 2.52. The SMILES string of the molecule is COC1C(O)CC(=O)OC(C)CCCCCC(N(C)C)C(C)CC(CC=O)C1OC1OC(C)C(OC2CC(C)(O)C(OC(=O)CC(C)C)C(C)O2)C(N(C)C)C1O. The minimum Gasteiger partial charge on any atom is -0.463 e. The van der Waals surface area contributed by atoms with Gasteiger partial charge in [0.05, 0.1) is 43.0 Å². The number of hydrogen-bond donors (Lipinski definition) is 3. The van der Waals surface area contributed by atoms with E-state index in [9.17, 15) is 29.7 Å². The van der Waals surface area contributed by atoms with Gasteiger partial charge in [-0.2, -0.15) is 0 Å². The molecule has 16 atom stereocenters. The van der Waals surface area contributed by atoms with E-state index in [2.05, 4.69) is 25.9 Å². The summed E-state index contributed by atoms with van der Waals surface area (Å²) in [6.45, 7) is 12.9. The fourth-order valence-electron chi connectivity index (χ4n) is 9.10. The number of carbonyl (C=O) groups excluding carboxylic acids is 3. The van der Waals surface area contributed by atoms with E-state index >= 15 is 0 Å². The second-order valence-electron chi connectivity index (χ2n) is 18.0. The van der Waals surface area contributed by atoms with Gasteiger partial charge in [0.15, 0.2) is 18.7 Å². The average Bonchev–Trinajstić information content (AvgIpc) is 3.08. The first-order valence-electron chi connectivity index (χ1n) is 21.1. The van der Waals surface area contributed by atoms with Crippen molar-refractivity contribution in [2.24, 2.45) is 17.8 Å². The van der Waals surface area contributed by atoms with E-state index in [1.54, 1.807) is 39.8 Å². The summed E-state index contributed by atoms with van der Waals surface area (Å²) in [6, 6.07) is -0.506. The number of aliphatic hydroxyl groups is 3. The van der Waals surface area contributed by atoms with E-state index in [-0.39, 0.29) is 49.7 Å². The molecule has 0 bridgehead atoms. The minimum atomic E-state index is -1.47. The average molecular weight is 817 g/mol. The van der Waals surface area contributed by atoms with Gasteiger partial charge < -0.3 is 63.1 Å². The summed E-state index contributed by atoms with van der Waals surface area (Å²) in [5, 5.41) is 35.1. The Labute approximate surface area is 341 Å². The van der Waals surface area contributed by atoms with Crippen LogP contribution in [0.4, 0.5) is 0 Å². The molecule has 0 aromatic heterocycles. The molecule has 3 fully saturated rings. The van der Waals surface area contributed by atoms with Crippen LogP contribution >= 0.6 is 0 Å². The Morgan fingerprint density at radius 2 is 1.61 bits per heavy atom. The van der Waals surface area contributed by atoms with Crippen molar-refractivity contribution in [3.63, 3.8) is 0 Å². The molecule has 15 nitrogen and oxygen atoms in total. The smallest absolute Gasteiger partial charge is 0.308 e. The third kappa shape index (κ3) is 14.1. The summed E-state index contributed by atoms with van der Waals surface area (Å²) in [6.07, 6.45) is -4.44. The van der Waals surface area contributed by atoms with Crippen molar-refractivity contribution in [3.8, 4) is 0 Å². The highest BCUT2D eigenvalue weighted by molar-refractivity contribution is 5.70. The number of likely N-dealkylation sites (N-methyl/N-ethyl adjacent to an activating group) is 1. The Hall–Kier alpha value is -1.79. The van der Waals surface area contributed by atoms with Gasteiger partial charge in [0.25, 0.3) is 0 Å². The summed E-state index contributed by atoms with van der Waals surface area (Å²) in [7, 11) is 9.12. The van der Waals surface area contributed by atoms with Crippen molar-refractivity contribution < 1.29 is 62.9 Å². The number of ether oxygens (including phenoxy) is 7. The van der Waals surface area contributed by atoms with Crippen LogP contribution < -0.4 is 0 Å². The molecular formula is C42H76N2O13. The molecule has 332 valence electrons. The van der Waals surface area contributed by atoms with E-state index in [1.807, 2.05) is 20.8 Å². The molecule has 15 heteroatoms. The lowest BCUT2D eigenvalue weighted by atomic mass is 9.80. The van der Waals surface area contributed by atoms with Crippen LogP contribution in [0.3, 0.4) is 0 Å². The molecular weight excluding hydrogens is 740 g/mol. The van der Waals surface area contributed by atoms with Gasteiger partial charge in [-0.15, -0.1) is 0 Å². The zero-order valence-electron chi connectivity index (χ0n) is 36.7. The van der Waals surface area contributed by atoms with Crippen molar-refractivity contribution in [2.45, 2.75) is 198 Å². The van der Waals surface area contributed by atoms with E-state index in [4.69, 9.17) is 33.2 Å². The Morgan fingerprint density at radius 3 is 2.19 bits per heavy atom. The van der Waals surface area contributed by atoms with Gasteiger partial charge in [-0.3, -0.25) is 9.59 Å². The van der Waals surface area contributed by atoms with Gasteiger partial charge in [-0.05, 0) is 99.3 Å². The van der Waals surface area contributed by atoms with Gasteiger partial charge in [0.1, 0.15) is 30.2 Å². The second kappa shape index (κ2) is 22.7. The lowest BCUT2D eigenvalue weighted by Crippen LogP contribution is -2.66. The summed E-state index contributed by atoms with van der Waals surface area (Å²) >= 11 is 0. The standard InChI is InChI=1S/C42H76N2O13/c1-24(2)20-32(47)55-40-28(6)53-34(23-42(40,7)50)56-37-27(5)54-41(36(49)35(37)44(10)11)57-38-29(18-19-45)21-25(3)30(43(8)9)17-15-13-14-16-26(4)52-33(48)22-31(46)39(38)51-12/h19,24-31,34-41,46,49-50H,13-18,20-23H2,1-12H3. The lowest BCUT2D eigenvalue weighted by molar-refractivity contribution is -0.344. The van der Waals surface area contributed by atoms with Crippen LogP contribution in [0.5, 0.6) is 0 Å². The van der Waals surface area contributed by atoms with Crippen LogP contribution in [0, 0.1) is 17.8 Å². The minimum absolute atomic E-state index is 0.00739. The van der Waals surface area contributed by atoms with Gasteiger partial charge in [0.2, 0.25) is 0 Å². The predicted octanol–water partition coefficient (Wildman–Crippen LogP) is 3.46. The molecule has 3 rings (SSSR count). The van der Waals surface area contributed by atoms with Crippen LogP contribution in [-0.2, 0) is 47.5 Å². The van der Waals surface area contributed by atoms with Gasteiger partial charge in [0, 0.05) is 32.4 Å². The maximum Gasteiger partial charge on any atom is 0.308 e. The third-order valence-corrected chi connectivity index (χ3v) is 11.9. The van der Waals surface area contributed by atoms with Crippen molar-refractivity contribution in [2.75, 3.05) is 35.3 Å². The monoisotopic (exact) mass is 817 g/mol. The normalized spacial score (nSPS) is 40.9. The summed E-state index contributed by atoms with van der Waals surface area (Å²) < 4.78 is 43.0. The second-order valence-corrected chi connectivity index (χ2v) is 18.0. The number of nitrogens with zero attached hydrogens (tertiary/aromatic N) is 2. The maximum atomic E-state index is 13.0. The van der Waals surface area contributed by atoms with E-state index in [0.29, 0.717) is 6.42 Å².